The summed E-state index contributed by atoms with van der Waals surface area (Å²) in [4.78, 5) is 3.89. The molecule has 0 aliphatic carbocycles. The predicted octanol–water partition coefficient (Wildman–Crippen LogP) is 3.88. The molecule has 0 aromatic heterocycles. The number of hydrogen-bond acceptors (Lipinski definition) is 4. The van der Waals surface area contributed by atoms with Gasteiger partial charge < -0.3 is 0 Å². The zero-order valence-corrected chi connectivity index (χ0v) is 12.5. The van der Waals surface area contributed by atoms with E-state index in [1.165, 1.54) is 12.1 Å². The molecule has 0 aliphatic rings. The van der Waals surface area contributed by atoms with E-state index in [0.717, 1.165) is 0 Å². The lowest BCUT2D eigenvalue weighted by Gasteiger charge is -2.08. The van der Waals surface area contributed by atoms with Gasteiger partial charge in [-0.15, -0.1) is 0 Å². The Morgan fingerprint density at radius 2 is 1.65 bits per heavy atom. The number of halogens is 1. The molecule has 0 radical (unpaired) electrons. The first kappa shape index (κ1) is 14.7. The molecule has 102 valence electrons. The molecule has 0 atom stereocenters. The van der Waals surface area contributed by atoms with Crippen LogP contribution < -0.4 is 4.72 Å². The summed E-state index contributed by atoms with van der Waals surface area (Å²) < 4.78 is 26.7. The number of thiocarbonyl (C=S) groups is 1. The number of hydrogen-bond donors (Lipinski definition) is 1. The SMILES string of the molecule is O=S(=O)(Nc1ccc(Cl)cc1)c1ccc(N=C=S)cc1. The fraction of sp³-hybridized carbons (Fsp3) is 0. The van der Waals surface area contributed by atoms with E-state index in [2.05, 4.69) is 27.1 Å². The molecule has 0 unspecified atom stereocenters. The van der Waals surface area contributed by atoms with Crippen LogP contribution in [0.25, 0.3) is 0 Å². The van der Waals surface area contributed by atoms with Crippen LogP contribution in [-0.2, 0) is 10.0 Å². The molecule has 0 spiro atoms. The van der Waals surface area contributed by atoms with Crippen molar-refractivity contribution in [3.05, 3.63) is 53.6 Å². The Hall–Kier alpha value is -1.72. The average Bonchev–Trinajstić information content (AvgIpc) is 2.42. The number of isothiocyanates is 1. The maximum atomic E-state index is 12.1. The van der Waals surface area contributed by atoms with Crippen molar-refractivity contribution in [2.24, 2.45) is 4.99 Å². The van der Waals surface area contributed by atoms with Crippen molar-refractivity contribution in [1.29, 1.82) is 0 Å². The molecule has 0 saturated carbocycles. The minimum absolute atomic E-state index is 0.135. The number of aliphatic imine (C=N–C) groups is 1. The molecule has 2 aromatic rings. The summed E-state index contributed by atoms with van der Waals surface area (Å²) >= 11 is 10.2. The van der Waals surface area contributed by atoms with Crippen molar-refractivity contribution in [3.63, 3.8) is 0 Å². The standard InChI is InChI=1S/C13H9ClN2O2S2/c14-10-1-3-12(4-2-10)16-20(17,18)13-7-5-11(6-8-13)15-9-19/h1-8,16H. The molecule has 0 bridgehead atoms. The van der Waals surface area contributed by atoms with Crippen molar-refractivity contribution in [2.75, 3.05) is 4.72 Å². The van der Waals surface area contributed by atoms with Crippen molar-refractivity contribution >= 4 is 50.4 Å². The Balaban J connectivity index is 2.25. The highest BCUT2D eigenvalue weighted by Crippen LogP contribution is 2.20. The smallest absolute Gasteiger partial charge is 0.261 e. The third-order valence-corrected chi connectivity index (χ3v) is 4.16. The lowest BCUT2D eigenvalue weighted by molar-refractivity contribution is 0.601. The summed E-state index contributed by atoms with van der Waals surface area (Å²) in [5, 5.41) is 2.76. The first-order chi connectivity index (χ1) is 9.51. The van der Waals surface area contributed by atoms with Crippen LogP contribution in [0.4, 0.5) is 11.4 Å². The Morgan fingerprint density at radius 3 is 2.20 bits per heavy atom. The molecule has 2 aromatic carbocycles. The predicted molar refractivity (Wildman–Crippen MR) is 83.4 cm³/mol. The molecule has 7 heteroatoms. The quantitative estimate of drug-likeness (QED) is 0.686. The Morgan fingerprint density at radius 1 is 1.05 bits per heavy atom. The largest absolute Gasteiger partial charge is 0.280 e. The van der Waals surface area contributed by atoms with Gasteiger partial charge in [-0.05, 0) is 60.7 Å². The molecule has 0 aliphatic heterocycles. The highest BCUT2D eigenvalue weighted by molar-refractivity contribution is 7.92. The van der Waals surface area contributed by atoms with E-state index in [4.69, 9.17) is 11.6 Å². The second-order valence-electron chi connectivity index (χ2n) is 3.81. The minimum atomic E-state index is -3.64. The van der Waals surface area contributed by atoms with Gasteiger partial charge in [-0.3, -0.25) is 4.72 Å². The van der Waals surface area contributed by atoms with E-state index in [1.807, 2.05) is 0 Å². The van der Waals surface area contributed by atoms with Crippen LogP contribution in [-0.4, -0.2) is 13.6 Å². The Bertz CT molecular complexity index is 750. The van der Waals surface area contributed by atoms with Crippen molar-refractivity contribution in [3.8, 4) is 0 Å². The molecule has 0 fully saturated rings. The lowest BCUT2D eigenvalue weighted by atomic mass is 10.3. The molecule has 4 nitrogen and oxygen atoms in total. The summed E-state index contributed by atoms with van der Waals surface area (Å²) in [6, 6.07) is 12.4. The van der Waals surface area contributed by atoms with Gasteiger partial charge in [0.1, 0.15) is 0 Å². The maximum Gasteiger partial charge on any atom is 0.261 e. The number of rotatable bonds is 4. The zero-order chi connectivity index (χ0) is 14.6. The first-order valence-electron chi connectivity index (χ1n) is 5.47. The van der Waals surface area contributed by atoms with Crippen molar-refractivity contribution in [1.82, 2.24) is 0 Å². The van der Waals surface area contributed by atoms with E-state index in [9.17, 15) is 8.42 Å². The number of benzene rings is 2. The van der Waals surface area contributed by atoms with Gasteiger partial charge in [-0.1, -0.05) is 11.6 Å². The van der Waals surface area contributed by atoms with Crippen LogP contribution in [0.2, 0.25) is 5.02 Å². The summed E-state index contributed by atoms with van der Waals surface area (Å²) in [7, 11) is -3.64. The van der Waals surface area contributed by atoms with Crippen LogP contribution >= 0.6 is 23.8 Å². The van der Waals surface area contributed by atoms with Crippen LogP contribution in [0.15, 0.2) is 58.4 Å². The fourth-order valence-corrected chi connectivity index (χ4v) is 2.77. The first-order valence-corrected chi connectivity index (χ1v) is 7.74. The van der Waals surface area contributed by atoms with Crippen LogP contribution in [0, 0.1) is 0 Å². The van der Waals surface area contributed by atoms with Gasteiger partial charge in [0.25, 0.3) is 10.0 Å². The molecular weight excluding hydrogens is 316 g/mol. The Kier molecular flexibility index (Phi) is 4.52. The molecule has 0 heterocycles. The summed E-state index contributed by atoms with van der Waals surface area (Å²) in [6.45, 7) is 0. The summed E-state index contributed by atoms with van der Waals surface area (Å²) in [6.07, 6.45) is 0. The van der Waals surface area contributed by atoms with Gasteiger partial charge in [0.2, 0.25) is 0 Å². The van der Waals surface area contributed by atoms with E-state index in [0.29, 0.717) is 16.4 Å². The van der Waals surface area contributed by atoms with Crippen LogP contribution in [0.1, 0.15) is 0 Å². The molecule has 0 saturated heterocycles. The molecule has 1 N–H and O–H groups in total. The molecule has 2 rings (SSSR count). The lowest BCUT2D eigenvalue weighted by Crippen LogP contribution is -2.12. The van der Waals surface area contributed by atoms with Crippen LogP contribution in [0.5, 0.6) is 0 Å². The third kappa shape index (κ3) is 3.65. The minimum Gasteiger partial charge on any atom is -0.280 e. The highest BCUT2D eigenvalue weighted by atomic mass is 35.5. The number of sulfonamides is 1. The van der Waals surface area contributed by atoms with E-state index < -0.39 is 10.0 Å². The van der Waals surface area contributed by atoms with E-state index in [-0.39, 0.29) is 4.90 Å². The van der Waals surface area contributed by atoms with Gasteiger partial charge in [-0.25, -0.2) is 8.42 Å². The second-order valence-corrected chi connectivity index (χ2v) is 6.11. The van der Waals surface area contributed by atoms with E-state index in [1.54, 1.807) is 36.4 Å². The van der Waals surface area contributed by atoms with Gasteiger partial charge in [0, 0.05) is 10.7 Å². The topological polar surface area (TPSA) is 58.5 Å². The van der Waals surface area contributed by atoms with Crippen molar-refractivity contribution in [2.45, 2.75) is 4.90 Å². The Labute approximate surface area is 127 Å². The third-order valence-electron chi connectivity index (χ3n) is 2.42. The number of nitrogens with one attached hydrogen (secondary N) is 1. The maximum absolute atomic E-state index is 12.1. The van der Waals surface area contributed by atoms with Gasteiger partial charge >= 0.3 is 0 Å². The van der Waals surface area contributed by atoms with Crippen molar-refractivity contribution < 1.29 is 8.42 Å². The van der Waals surface area contributed by atoms with Crippen LogP contribution in [0.3, 0.4) is 0 Å². The molecular formula is C13H9ClN2O2S2. The highest BCUT2D eigenvalue weighted by Gasteiger charge is 2.13. The van der Waals surface area contributed by atoms with Gasteiger partial charge in [-0.2, -0.15) is 4.99 Å². The normalized spacial score (nSPS) is 10.7. The molecule has 20 heavy (non-hydrogen) atoms. The van der Waals surface area contributed by atoms with E-state index >= 15 is 0 Å². The zero-order valence-electron chi connectivity index (χ0n) is 10.1. The summed E-state index contributed by atoms with van der Waals surface area (Å²) in [5.74, 6) is 0. The number of anilines is 1. The van der Waals surface area contributed by atoms with Gasteiger partial charge in [0.05, 0.1) is 15.7 Å². The number of nitrogens with zero attached hydrogens (tertiary/aromatic N) is 1. The fourth-order valence-electron chi connectivity index (χ4n) is 1.48. The summed E-state index contributed by atoms with van der Waals surface area (Å²) in [5.41, 5.74) is 0.987. The second kappa shape index (κ2) is 6.15. The average molecular weight is 325 g/mol. The van der Waals surface area contributed by atoms with Gasteiger partial charge in [0.15, 0.2) is 0 Å². The monoisotopic (exact) mass is 324 g/mol. The molecule has 0 amide bonds.